The lowest BCUT2D eigenvalue weighted by Crippen LogP contribution is -2.44. The first-order chi connectivity index (χ1) is 6.09. The standard InChI is InChI=1S/C9H17ClN2O/c1-7(2)8(9(11)13)12-6-4-3-5-10/h3-4,7-8,12H,5-6H2,1-2H3,(H2,11,13)/b4-3+. The molecule has 1 atom stereocenters. The van der Waals surface area contributed by atoms with E-state index in [1.54, 1.807) is 0 Å². The van der Waals surface area contributed by atoms with Gasteiger partial charge in [0.2, 0.25) is 5.91 Å². The molecule has 1 unspecified atom stereocenters. The summed E-state index contributed by atoms with van der Waals surface area (Å²) in [7, 11) is 0. The van der Waals surface area contributed by atoms with Gasteiger partial charge in [-0.1, -0.05) is 26.0 Å². The number of amides is 1. The number of hydrogen-bond donors (Lipinski definition) is 2. The maximum Gasteiger partial charge on any atom is 0.234 e. The van der Waals surface area contributed by atoms with Crippen LogP contribution in [0.1, 0.15) is 13.8 Å². The topological polar surface area (TPSA) is 55.1 Å². The summed E-state index contributed by atoms with van der Waals surface area (Å²) >= 11 is 5.44. The van der Waals surface area contributed by atoms with Crippen molar-refractivity contribution in [3.05, 3.63) is 12.2 Å². The summed E-state index contributed by atoms with van der Waals surface area (Å²) in [6.07, 6.45) is 3.71. The molecule has 0 heterocycles. The molecule has 4 heteroatoms. The molecule has 0 aromatic heterocycles. The van der Waals surface area contributed by atoms with Crippen LogP contribution in [-0.4, -0.2) is 24.4 Å². The molecule has 0 saturated heterocycles. The Morgan fingerprint density at radius 3 is 2.54 bits per heavy atom. The lowest BCUT2D eigenvalue weighted by atomic mass is 10.0. The van der Waals surface area contributed by atoms with Crippen molar-refractivity contribution in [1.29, 1.82) is 0 Å². The van der Waals surface area contributed by atoms with Crippen molar-refractivity contribution in [2.24, 2.45) is 11.7 Å². The molecule has 0 rings (SSSR count). The highest BCUT2D eigenvalue weighted by atomic mass is 35.5. The second-order valence-corrected chi connectivity index (χ2v) is 3.47. The van der Waals surface area contributed by atoms with Crippen LogP contribution in [0.15, 0.2) is 12.2 Å². The van der Waals surface area contributed by atoms with Crippen molar-refractivity contribution < 1.29 is 4.79 Å². The number of carbonyl (C=O) groups is 1. The molecule has 1 amide bonds. The maximum atomic E-state index is 10.9. The predicted molar refractivity (Wildman–Crippen MR) is 55.7 cm³/mol. The average Bonchev–Trinajstić information content (AvgIpc) is 2.02. The van der Waals surface area contributed by atoms with Gasteiger partial charge in [-0.15, -0.1) is 11.6 Å². The highest BCUT2D eigenvalue weighted by molar-refractivity contribution is 6.18. The molecule has 0 fully saturated rings. The van der Waals surface area contributed by atoms with Crippen molar-refractivity contribution >= 4 is 17.5 Å². The van der Waals surface area contributed by atoms with E-state index >= 15 is 0 Å². The largest absolute Gasteiger partial charge is 0.368 e. The summed E-state index contributed by atoms with van der Waals surface area (Å²) in [5, 5.41) is 3.03. The number of nitrogens with two attached hydrogens (primary N) is 1. The number of halogens is 1. The Balaban J connectivity index is 3.84. The Kier molecular flexibility index (Phi) is 6.63. The Hall–Kier alpha value is -0.540. The summed E-state index contributed by atoms with van der Waals surface area (Å²) in [6.45, 7) is 4.53. The van der Waals surface area contributed by atoms with Crippen molar-refractivity contribution in [3.8, 4) is 0 Å². The van der Waals surface area contributed by atoms with Crippen molar-refractivity contribution in [2.75, 3.05) is 12.4 Å². The van der Waals surface area contributed by atoms with Gasteiger partial charge in [-0.05, 0) is 5.92 Å². The van der Waals surface area contributed by atoms with E-state index in [0.29, 0.717) is 12.4 Å². The van der Waals surface area contributed by atoms with Crippen LogP contribution in [0.5, 0.6) is 0 Å². The number of nitrogens with one attached hydrogen (secondary N) is 1. The number of alkyl halides is 1. The second-order valence-electron chi connectivity index (χ2n) is 3.16. The molecule has 0 bridgehead atoms. The summed E-state index contributed by atoms with van der Waals surface area (Å²) in [4.78, 5) is 10.9. The average molecular weight is 205 g/mol. The van der Waals surface area contributed by atoms with Gasteiger partial charge in [-0.25, -0.2) is 0 Å². The lowest BCUT2D eigenvalue weighted by Gasteiger charge is -2.17. The number of hydrogen-bond acceptors (Lipinski definition) is 2. The van der Waals surface area contributed by atoms with Gasteiger partial charge in [0, 0.05) is 12.4 Å². The molecule has 0 aliphatic carbocycles. The van der Waals surface area contributed by atoms with Crippen LogP contribution in [0.25, 0.3) is 0 Å². The summed E-state index contributed by atoms with van der Waals surface area (Å²) in [6, 6.07) is -0.264. The molecule has 0 spiro atoms. The number of primary amides is 1. The Morgan fingerprint density at radius 1 is 1.54 bits per heavy atom. The third-order valence-electron chi connectivity index (χ3n) is 1.68. The van der Waals surface area contributed by atoms with Gasteiger partial charge in [0.25, 0.3) is 0 Å². The highest BCUT2D eigenvalue weighted by Crippen LogP contribution is 1.99. The van der Waals surface area contributed by atoms with E-state index in [0.717, 1.165) is 0 Å². The minimum absolute atomic E-state index is 0.210. The second kappa shape index (κ2) is 6.92. The molecule has 76 valence electrons. The molecular formula is C9H17ClN2O. The molecule has 0 aromatic rings. The van der Waals surface area contributed by atoms with Gasteiger partial charge >= 0.3 is 0 Å². The molecule has 13 heavy (non-hydrogen) atoms. The van der Waals surface area contributed by atoms with Crippen molar-refractivity contribution in [3.63, 3.8) is 0 Å². The van der Waals surface area contributed by atoms with Gasteiger partial charge in [-0.3, -0.25) is 4.79 Å². The van der Waals surface area contributed by atoms with Gasteiger partial charge in [0.1, 0.15) is 0 Å². The third-order valence-corrected chi connectivity index (χ3v) is 1.86. The van der Waals surface area contributed by atoms with E-state index in [-0.39, 0.29) is 17.9 Å². The zero-order valence-corrected chi connectivity index (χ0v) is 8.84. The third kappa shape index (κ3) is 5.66. The molecular weight excluding hydrogens is 188 g/mol. The van der Waals surface area contributed by atoms with Crippen molar-refractivity contribution in [1.82, 2.24) is 5.32 Å². The Bertz CT molecular complexity index is 180. The fraction of sp³-hybridized carbons (Fsp3) is 0.667. The van der Waals surface area contributed by atoms with Crippen LogP contribution in [0, 0.1) is 5.92 Å². The van der Waals surface area contributed by atoms with E-state index < -0.39 is 0 Å². The molecule has 3 nitrogen and oxygen atoms in total. The zero-order valence-electron chi connectivity index (χ0n) is 8.09. The SMILES string of the molecule is CC(C)C(NC/C=C/CCl)C(N)=O. The molecule has 3 N–H and O–H groups in total. The molecule has 0 aliphatic rings. The van der Waals surface area contributed by atoms with Crippen LogP contribution < -0.4 is 11.1 Å². The smallest absolute Gasteiger partial charge is 0.234 e. The normalized spacial score (nSPS) is 13.8. The summed E-state index contributed by atoms with van der Waals surface area (Å²) < 4.78 is 0. The van der Waals surface area contributed by atoms with Gasteiger partial charge in [0.15, 0.2) is 0 Å². The Labute approximate surface area is 84.3 Å². The van der Waals surface area contributed by atoms with Gasteiger partial charge < -0.3 is 11.1 Å². The molecule has 0 radical (unpaired) electrons. The fourth-order valence-electron chi connectivity index (χ4n) is 1.01. The lowest BCUT2D eigenvalue weighted by molar-refractivity contribution is -0.120. The number of allylic oxidation sites excluding steroid dienone is 1. The van der Waals surface area contributed by atoms with E-state index in [1.165, 1.54) is 0 Å². The van der Waals surface area contributed by atoms with Crippen LogP contribution in [0.4, 0.5) is 0 Å². The van der Waals surface area contributed by atoms with Crippen LogP contribution in [0.3, 0.4) is 0 Å². The molecule has 0 aliphatic heterocycles. The molecule has 0 aromatic carbocycles. The fourth-order valence-corrected chi connectivity index (χ4v) is 1.13. The first-order valence-corrected chi connectivity index (χ1v) is 4.86. The summed E-state index contributed by atoms with van der Waals surface area (Å²) in [5.41, 5.74) is 5.20. The minimum atomic E-state index is -0.311. The van der Waals surface area contributed by atoms with Crippen LogP contribution >= 0.6 is 11.6 Å². The zero-order chi connectivity index (χ0) is 10.3. The van der Waals surface area contributed by atoms with E-state index in [9.17, 15) is 4.79 Å². The Morgan fingerprint density at radius 2 is 2.15 bits per heavy atom. The molecule has 0 saturated carbocycles. The number of carbonyl (C=O) groups excluding carboxylic acids is 1. The predicted octanol–water partition coefficient (Wildman–Crippen LogP) is 0.881. The maximum absolute atomic E-state index is 10.9. The quantitative estimate of drug-likeness (QED) is 0.499. The van der Waals surface area contributed by atoms with Crippen LogP contribution in [-0.2, 0) is 4.79 Å². The van der Waals surface area contributed by atoms with Gasteiger partial charge in [-0.2, -0.15) is 0 Å². The van der Waals surface area contributed by atoms with Gasteiger partial charge in [0.05, 0.1) is 6.04 Å². The minimum Gasteiger partial charge on any atom is -0.368 e. The highest BCUT2D eigenvalue weighted by Gasteiger charge is 2.17. The summed E-state index contributed by atoms with van der Waals surface area (Å²) in [5.74, 6) is 0.390. The van der Waals surface area contributed by atoms with E-state index in [1.807, 2.05) is 26.0 Å². The first-order valence-electron chi connectivity index (χ1n) is 4.33. The van der Waals surface area contributed by atoms with Crippen molar-refractivity contribution in [2.45, 2.75) is 19.9 Å². The monoisotopic (exact) mass is 204 g/mol. The van der Waals surface area contributed by atoms with E-state index in [4.69, 9.17) is 17.3 Å². The van der Waals surface area contributed by atoms with E-state index in [2.05, 4.69) is 5.32 Å². The number of rotatable bonds is 6. The van der Waals surface area contributed by atoms with Crippen LogP contribution in [0.2, 0.25) is 0 Å². The first kappa shape index (κ1) is 12.5.